The molecule has 0 amide bonds. The summed E-state index contributed by atoms with van der Waals surface area (Å²) in [5.74, 6) is -1.52. The van der Waals surface area contributed by atoms with Gasteiger partial charge >= 0.3 is 5.97 Å². The minimum atomic E-state index is -1.14. The number of carbonyl (C=O) groups excluding carboxylic acids is 1. The molecule has 1 atom stereocenters. The van der Waals surface area contributed by atoms with E-state index in [1.54, 1.807) is 18.2 Å². The van der Waals surface area contributed by atoms with Crippen LogP contribution in [0.5, 0.6) is 5.75 Å². The number of imidazole rings is 1. The highest BCUT2D eigenvalue weighted by molar-refractivity contribution is 6.30. The van der Waals surface area contributed by atoms with Crippen molar-refractivity contribution in [3.8, 4) is 11.8 Å². The van der Waals surface area contributed by atoms with E-state index in [1.165, 1.54) is 25.1 Å². The number of phenolic OH excluding ortho intramolecular Hbond substituents is 1. The number of halogens is 1. The molecule has 1 heterocycles. The summed E-state index contributed by atoms with van der Waals surface area (Å²) in [6, 6.07) is 12.9. The molecule has 0 spiro atoms. The standard InChI is InChI=1S/C19H14ClN3O4/c1-10(27-19(26)12-7-6-11(20)8-16(12)24)17(25)13(9-21)18-22-14-4-2-3-5-15(14)23-18/h2-8,10,24-25H,1H3,(H,22,23)/b17-13-/t10-/m0/s1. The second kappa shape index (κ2) is 7.40. The Bertz CT molecular complexity index is 1060. The van der Waals surface area contributed by atoms with Gasteiger partial charge in [0.2, 0.25) is 0 Å². The third kappa shape index (κ3) is 3.71. The smallest absolute Gasteiger partial charge is 0.342 e. The quantitative estimate of drug-likeness (QED) is 0.356. The SMILES string of the molecule is C[C@H](OC(=O)c1ccc(Cl)cc1O)/C(O)=C(\C#N)c1nc2ccccc2[nH]1. The average molecular weight is 384 g/mol. The van der Waals surface area contributed by atoms with Crippen LogP contribution in [0.15, 0.2) is 48.2 Å². The van der Waals surface area contributed by atoms with E-state index in [0.717, 1.165) is 0 Å². The zero-order valence-electron chi connectivity index (χ0n) is 14.1. The first-order chi connectivity index (χ1) is 12.9. The van der Waals surface area contributed by atoms with Crippen LogP contribution in [0.25, 0.3) is 16.6 Å². The molecule has 0 bridgehead atoms. The monoisotopic (exact) mass is 383 g/mol. The van der Waals surface area contributed by atoms with Crippen molar-refractivity contribution in [1.29, 1.82) is 5.26 Å². The van der Waals surface area contributed by atoms with Gasteiger partial charge < -0.3 is 19.9 Å². The molecule has 136 valence electrons. The fraction of sp³-hybridized carbons (Fsp3) is 0.105. The highest BCUT2D eigenvalue weighted by atomic mass is 35.5. The molecular weight excluding hydrogens is 370 g/mol. The molecule has 0 saturated carbocycles. The maximum Gasteiger partial charge on any atom is 0.342 e. The number of aromatic amines is 1. The number of aliphatic hydroxyl groups is 1. The Labute approximate surface area is 159 Å². The van der Waals surface area contributed by atoms with Crippen LogP contribution in [0.1, 0.15) is 23.1 Å². The van der Waals surface area contributed by atoms with Gasteiger partial charge in [0.25, 0.3) is 0 Å². The van der Waals surface area contributed by atoms with Crippen molar-refractivity contribution < 1.29 is 19.7 Å². The number of rotatable bonds is 4. The van der Waals surface area contributed by atoms with Crippen molar-refractivity contribution in [3.63, 3.8) is 0 Å². The van der Waals surface area contributed by atoms with Gasteiger partial charge in [0, 0.05) is 5.02 Å². The van der Waals surface area contributed by atoms with E-state index in [-0.39, 0.29) is 27.7 Å². The number of carbonyl (C=O) groups is 1. The molecule has 0 aliphatic heterocycles. The molecule has 0 aliphatic carbocycles. The summed E-state index contributed by atoms with van der Waals surface area (Å²) in [7, 11) is 0. The third-order valence-electron chi connectivity index (χ3n) is 3.84. The lowest BCUT2D eigenvalue weighted by Gasteiger charge is -2.14. The first kappa shape index (κ1) is 18.3. The van der Waals surface area contributed by atoms with Crippen LogP contribution < -0.4 is 0 Å². The zero-order valence-corrected chi connectivity index (χ0v) is 14.9. The Morgan fingerprint density at radius 1 is 1.33 bits per heavy atom. The average Bonchev–Trinajstić information content (AvgIpc) is 3.05. The summed E-state index contributed by atoms with van der Waals surface area (Å²) in [6.45, 7) is 1.40. The Morgan fingerprint density at radius 3 is 2.74 bits per heavy atom. The van der Waals surface area contributed by atoms with Crippen LogP contribution >= 0.6 is 11.6 Å². The predicted octanol–water partition coefficient (Wildman–Crippen LogP) is 3.96. The summed E-state index contributed by atoms with van der Waals surface area (Å²) in [6.07, 6.45) is -1.14. The van der Waals surface area contributed by atoms with Gasteiger partial charge in [0.15, 0.2) is 17.7 Å². The number of allylic oxidation sites excluding steroid dienone is 1. The number of ether oxygens (including phenoxy) is 1. The Hall–Kier alpha value is -3.50. The van der Waals surface area contributed by atoms with Crippen molar-refractivity contribution in [2.24, 2.45) is 0 Å². The van der Waals surface area contributed by atoms with Gasteiger partial charge in [-0.05, 0) is 37.3 Å². The van der Waals surface area contributed by atoms with Crippen LogP contribution in [0.2, 0.25) is 5.02 Å². The molecule has 3 N–H and O–H groups in total. The number of aliphatic hydroxyl groups excluding tert-OH is 1. The largest absolute Gasteiger partial charge is 0.507 e. The minimum absolute atomic E-state index is 0.110. The van der Waals surface area contributed by atoms with E-state index < -0.39 is 17.8 Å². The molecule has 0 radical (unpaired) electrons. The molecule has 1 aromatic heterocycles. The van der Waals surface area contributed by atoms with Gasteiger partial charge in [-0.1, -0.05) is 23.7 Å². The first-order valence-corrected chi connectivity index (χ1v) is 8.26. The number of nitrogens with one attached hydrogen (secondary N) is 1. The van der Waals surface area contributed by atoms with Crippen LogP contribution in [0.4, 0.5) is 0 Å². The fourth-order valence-corrected chi connectivity index (χ4v) is 2.63. The lowest BCUT2D eigenvalue weighted by Crippen LogP contribution is -2.18. The first-order valence-electron chi connectivity index (χ1n) is 7.88. The van der Waals surface area contributed by atoms with Gasteiger partial charge in [-0.15, -0.1) is 0 Å². The van der Waals surface area contributed by atoms with E-state index in [1.807, 2.05) is 12.1 Å². The molecule has 27 heavy (non-hydrogen) atoms. The number of phenols is 1. The van der Waals surface area contributed by atoms with Crippen LogP contribution in [0, 0.1) is 11.3 Å². The number of para-hydroxylation sites is 2. The summed E-state index contributed by atoms with van der Waals surface area (Å²) < 4.78 is 5.15. The molecule has 0 aliphatic rings. The van der Waals surface area contributed by atoms with Gasteiger partial charge in [-0.25, -0.2) is 9.78 Å². The predicted molar refractivity (Wildman–Crippen MR) is 99.2 cm³/mol. The zero-order chi connectivity index (χ0) is 19.6. The number of fused-ring (bicyclic) bond motifs is 1. The number of nitrogens with zero attached hydrogens (tertiary/aromatic N) is 2. The van der Waals surface area contributed by atoms with E-state index >= 15 is 0 Å². The summed E-state index contributed by atoms with van der Waals surface area (Å²) in [5.41, 5.74) is 1.07. The highest BCUT2D eigenvalue weighted by Gasteiger charge is 2.23. The normalized spacial score (nSPS) is 12.9. The highest BCUT2D eigenvalue weighted by Crippen LogP contribution is 2.25. The number of aromatic hydroxyl groups is 1. The molecule has 7 nitrogen and oxygen atoms in total. The number of benzene rings is 2. The molecule has 3 rings (SSSR count). The lowest BCUT2D eigenvalue weighted by molar-refractivity contribution is 0.0331. The number of esters is 1. The molecule has 2 aromatic carbocycles. The van der Waals surface area contributed by atoms with Crippen LogP contribution in [-0.4, -0.2) is 32.3 Å². The number of hydrogen-bond donors (Lipinski definition) is 3. The molecule has 8 heteroatoms. The van der Waals surface area contributed by atoms with Gasteiger partial charge in [0.1, 0.15) is 23.0 Å². The summed E-state index contributed by atoms with van der Waals surface area (Å²) in [4.78, 5) is 19.4. The molecular formula is C19H14ClN3O4. The Morgan fingerprint density at radius 2 is 2.07 bits per heavy atom. The van der Waals surface area contributed by atoms with Crippen molar-refractivity contribution in [2.75, 3.05) is 0 Å². The Kier molecular flexibility index (Phi) is 5.01. The lowest BCUT2D eigenvalue weighted by atomic mass is 10.1. The number of hydrogen-bond acceptors (Lipinski definition) is 6. The molecule has 0 fully saturated rings. The number of H-pyrrole nitrogens is 1. The van der Waals surface area contributed by atoms with Crippen molar-refractivity contribution in [3.05, 3.63) is 64.6 Å². The van der Waals surface area contributed by atoms with Crippen LogP contribution in [-0.2, 0) is 4.74 Å². The maximum atomic E-state index is 12.2. The fourth-order valence-electron chi connectivity index (χ4n) is 2.46. The van der Waals surface area contributed by atoms with E-state index in [2.05, 4.69) is 9.97 Å². The number of aromatic nitrogens is 2. The van der Waals surface area contributed by atoms with Crippen molar-refractivity contribution in [1.82, 2.24) is 9.97 Å². The summed E-state index contributed by atoms with van der Waals surface area (Å²) in [5, 5.41) is 29.9. The van der Waals surface area contributed by atoms with Crippen molar-refractivity contribution >= 4 is 34.2 Å². The van der Waals surface area contributed by atoms with E-state index in [0.29, 0.717) is 11.0 Å². The van der Waals surface area contributed by atoms with Gasteiger partial charge in [0.05, 0.1) is 11.0 Å². The Balaban J connectivity index is 1.88. The second-order valence-corrected chi connectivity index (χ2v) is 6.12. The van der Waals surface area contributed by atoms with Gasteiger partial charge in [-0.2, -0.15) is 5.26 Å². The van der Waals surface area contributed by atoms with Gasteiger partial charge in [-0.3, -0.25) is 0 Å². The maximum absolute atomic E-state index is 12.2. The number of nitriles is 1. The van der Waals surface area contributed by atoms with Crippen LogP contribution in [0.3, 0.4) is 0 Å². The minimum Gasteiger partial charge on any atom is -0.507 e. The summed E-state index contributed by atoms with van der Waals surface area (Å²) >= 11 is 5.73. The molecule has 0 unspecified atom stereocenters. The molecule has 0 saturated heterocycles. The third-order valence-corrected chi connectivity index (χ3v) is 4.08. The molecule has 3 aromatic rings. The topological polar surface area (TPSA) is 119 Å². The second-order valence-electron chi connectivity index (χ2n) is 5.68. The van der Waals surface area contributed by atoms with E-state index in [4.69, 9.17) is 16.3 Å². The van der Waals surface area contributed by atoms with Crippen molar-refractivity contribution in [2.45, 2.75) is 13.0 Å². The van der Waals surface area contributed by atoms with E-state index in [9.17, 15) is 20.3 Å².